The third-order valence-corrected chi connectivity index (χ3v) is 5.15. The van der Waals surface area contributed by atoms with Crippen molar-refractivity contribution in [1.29, 1.82) is 0 Å². The molecule has 0 saturated heterocycles. The molecule has 0 aliphatic rings. The van der Waals surface area contributed by atoms with E-state index in [0.29, 0.717) is 6.42 Å². The Morgan fingerprint density at radius 3 is 2.31 bits per heavy atom. The van der Waals surface area contributed by atoms with Gasteiger partial charge in [-0.05, 0) is 74.4 Å². The minimum absolute atomic E-state index is 0.00180. The predicted molar refractivity (Wildman–Crippen MR) is 108 cm³/mol. The standard InChI is InChI=1S/C23H31NO2/c1-7-20(19-13-12-15(3)17(5)14-19)24-23(25)21(8-2)26-22-11-9-10-16(4)18(22)6/h9-14,20-21H,7-8H2,1-6H3,(H,24,25)/t20-,21-/m0/s1. The molecule has 0 radical (unpaired) electrons. The number of nitrogens with one attached hydrogen (secondary N) is 1. The van der Waals surface area contributed by atoms with E-state index in [2.05, 4.69) is 57.3 Å². The third kappa shape index (κ3) is 4.66. The van der Waals surface area contributed by atoms with Gasteiger partial charge in [0.1, 0.15) is 5.75 Å². The monoisotopic (exact) mass is 353 g/mol. The Morgan fingerprint density at radius 2 is 1.69 bits per heavy atom. The molecule has 0 bridgehead atoms. The average Bonchev–Trinajstić information content (AvgIpc) is 2.63. The zero-order chi connectivity index (χ0) is 19.3. The number of carbonyl (C=O) groups is 1. The Labute approximate surface area is 157 Å². The van der Waals surface area contributed by atoms with Gasteiger partial charge in [-0.15, -0.1) is 0 Å². The average molecular weight is 354 g/mol. The Bertz CT molecular complexity index is 767. The van der Waals surface area contributed by atoms with Crippen LogP contribution in [0.1, 0.15) is 60.5 Å². The predicted octanol–water partition coefficient (Wildman–Crippen LogP) is 5.35. The molecule has 2 rings (SSSR count). The van der Waals surface area contributed by atoms with Gasteiger partial charge in [0, 0.05) is 0 Å². The topological polar surface area (TPSA) is 38.3 Å². The van der Waals surface area contributed by atoms with Crippen molar-refractivity contribution in [3.63, 3.8) is 0 Å². The number of hydrogen-bond acceptors (Lipinski definition) is 2. The first-order chi connectivity index (χ1) is 12.4. The molecule has 1 N–H and O–H groups in total. The first kappa shape index (κ1) is 20.0. The fraction of sp³-hybridized carbons (Fsp3) is 0.435. The molecule has 0 unspecified atom stereocenters. The highest BCUT2D eigenvalue weighted by Gasteiger charge is 2.22. The molecule has 2 atom stereocenters. The largest absolute Gasteiger partial charge is 0.480 e. The van der Waals surface area contributed by atoms with Crippen LogP contribution in [0.3, 0.4) is 0 Å². The summed E-state index contributed by atoms with van der Waals surface area (Å²) in [5.74, 6) is 0.727. The summed E-state index contributed by atoms with van der Waals surface area (Å²) < 4.78 is 6.05. The number of amides is 1. The van der Waals surface area contributed by atoms with Crippen LogP contribution in [0.4, 0.5) is 0 Å². The van der Waals surface area contributed by atoms with E-state index in [1.807, 2.05) is 26.0 Å². The SMILES string of the molecule is CC[C@H](Oc1cccc(C)c1C)C(=O)N[C@@H](CC)c1ccc(C)c(C)c1. The lowest BCUT2D eigenvalue weighted by atomic mass is 9.99. The Morgan fingerprint density at radius 1 is 0.962 bits per heavy atom. The highest BCUT2D eigenvalue weighted by atomic mass is 16.5. The molecule has 0 aromatic heterocycles. The molecular weight excluding hydrogens is 322 g/mol. The van der Waals surface area contributed by atoms with Crippen molar-refractivity contribution in [3.05, 3.63) is 64.2 Å². The molecule has 26 heavy (non-hydrogen) atoms. The van der Waals surface area contributed by atoms with Gasteiger partial charge in [-0.25, -0.2) is 0 Å². The van der Waals surface area contributed by atoms with E-state index in [4.69, 9.17) is 4.74 Å². The lowest BCUT2D eigenvalue weighted by Crippen LogP contribution is -2.40. The van der Waals surface area contributed by atoms with Crippen molar-refractivity contribution < 1.29 is 9.53 Å². The molecule has 0 heterocycles. The number of aryl methyl sites for hydroxylation is 3. The molecule has 0 fully saturated rings. The maximum absolute atomic E-state index is 12.8. The molecule has 2 aromatic carbocycles. The molecule has 0 aliphatic carbocycles. The molecule has 0 saturated carbocycles. The van der Waals surface area contributed by atoms with Crippen LogP contribution in [-0.4, -0.2) is 12.0 Å². The second kappa shape index (κ2) is 8.88. The van der Waals surface area contributed by atoms with Gasteiger partial charge in [-0.1, -0.05) is 44.2 Å². The van der Waals surface area contributed by atoms with Gasteiger partial charge in [0.2, 0.25) is 0 Å². The number of carbonyl (C=O) groups excluding carboxylic acids is 1. The molecule has 0 spiro atoms. The van der Waals surface area contributed by atoms with Crippen molar-refractivity contribution in [2.24, 2.45) is 0 Å². The minimum Gasteiger partial charge on any atom is -0.480 e. The molecule has 1 amide bonds. The summed E-state index contributed by atoms with van der Waals surface area (Å²) in [6, 6.07) is 12.3. The summed E-state index contributed by atoms with van der Waals surface area (Å²) >= 11 is 0. The highest BCUT2D eigenvalue weighted by Crippen LogP contribution is 2.24. The van der Waals surface area contributed by atoms with Crippen molar-refractivity contribution in [2.75, 3.05) is 0 Å². The number of hydrogen-bond donors (Lipinski definition) is 1. The zero-order valence-corrected chi connectivity index (χ0v) is 16.8. The smallest absolute Gasteiger partial charge is 0.261 e. The molecule has 140 valence electrons. The first-order valence-electron chi connectivity index (χ1n) is 9.47. The maximum Gasteiger partial charge on any atom is 0.261 e. The van der Waals surface area contributed by atoms with Gasteiger partial charge in [0.05, 0.1) is 6.04 Å². The summed E-state index contributed by atoms with van der Waals surface area (Å²) in [6.45, 7) is 12.4. The van der Waals surface area contributed by atoms with Crippen LogP contribution in [0, 0.1) is 27.7 Å². The van der Waals surface area contributed by atoms with Crippen LogP contribution >= 0.6 is 0 Å². The molecule has 3 heteroatoms. The van der Waals surface area contributed by atoms with E-state index in [1.165, 1.54) is 16.7 Å². The van der Waals surface area contributed by atoms with Crippen LogP contribution in [0.15, 0.2) is 36.4 Å². The van der Waals surface area contributed by atoms with Crippen molar-refractivity contribution in [1.82, 2.24) is 5.32 Å². The fourth-order valence-electron chi connectivity index (χ4n) is 2.99. The summed E-state index contributed by atoms with van der Waals surface area (Å²) in [4.78, 5) is 12.8. The van der Waals surface area contributed by atoms with Gasteiger partial charge in [0.15, 0.2) is 6.10 Å². The minimum atomic E-state index is -0.490. The second-order valence-electron chi connectivity index (χ2n) is 7.03. The Kier molecular flexibility index (Phi) is 6.84. The second-order valence-corrected chi connectivity index (χ2v) is 7.03. The molecule has 3 nitrogen and oxygen atoms in total. The van der Waals surface area contributed by atoms with E-state index in [1.54, 1.807) is 0 Å². The van der Waals surface area contributed by atoms with E-state index >= 15 is 0 Å². The van der Waals surface area contributed by atoms with E-state index in [0.717, 1.165) is 23.3 Å². The van der Waals surface area contributed by atoms with Gasteiger partial charge in [-0.3, -0.25) is 4.79 Å². The van der Waals surface area contributed by atoms with Crippen molar-refractivity contribution in [2.45, 2.75) is 66.5 Å². The fourth-order valence-corrected chi connectivity index (χ4v) is 2.99. The van der Waals surface area contributed by atoms with Crippen molar-refractivity contribution in [3.8, 4) is 5.75 Å². The molecule has 0 aliphatic heterocycles. The van der Waals surface area contributed by atoms with E-state index in [-0.39, 0.29) is 11.9 Å². The van der Waals surface area contributed by atoms with Crippen LogP contribution < -0.4 is 10.1 Å². The first-order valence-corrected chi connectivity index (χ1v) is 9.47. The quantitative estimate of drug-likeness (QED) is 0.729. The Balaban J connectivity index is 2.13. The van der Waals surface area contributed by atoms with Gasteiger partial charge in [0.25, 0.3) is 5.91 Å². The number of ether oxygens (including phenoxy) is 1. The van der Waals surface area contributed by atoms with Gasteiger partial charge < -0.3 is 10.1 Å². The van der Waals surface area contributed by atoms with Gasteiger partial charge in [-0.2, -0.15) is 0 Å². The van der Waals surface area contributed by atoms with E-state index in [9.17, 15) is 4.79 Å². The summed E-state index contributed by atoms with van der Waals surface area (Å²) in [5.41, 5.74) is 5.90. The normalized spacial score (nSPS) is 13.2. The van der Waals surface area contributed by atoms with Crippen molar-refractivity contribution >= 4 is 5.91 Å². The van der Waals surface area contributed by atoms with Crippen LogP contribution in [-0.2, 0) is 4.79 Å². The third-order valence-electron chi connectivity index (χ3n) is 5.15. The highest BCUT2D eigenvalue weighted by molar-refractivity contribution is 5.81. The van der Waals surface area contributed by atoms with Crippen LogP contribution in [0.5, 0.6) is 5.75 Å². The summed E-state index contributed by atoms with van der Waals surface area (Å²) in [6.07, 6.45) is 0.979. The summed E-state index contributed by atoms with van der Waals surface area (Å²) in [7, 11) is 0. The Hall–Kier alpha value is -2.29. The number of rotatable bonds is 7. The molecular formula is C23H31NO2. The van der Waals surface area contributed by atoms with E-state index < -0.39 is 6.10 Å². The van der Waals surface area contributed by atoms with Crippen LogP contribution in [0.25, 0.3) is 0 Å². The zero-order valence-electron chi connectivity index (χ0n) is 16.8. The molecule has 2 aromatic rings. The lowest BCUT2D eigenvalue weighted by Gasteiger charge is -2.23. The van der Waals surface area contributed by atoms with Gasteiger partial charge >= 0.3 is 0 Å². The summed E-state index contributed by atoms with van der Waals surface area (Å²) in [5, 5.41) is 3.17. The van der Waals surface area contributed by atoms with Crippen LogP contribution in [0.2, 0.25) is 0 Å². The lowest BCUT2D eigenvalue weighted by molar-refractivity contribution is -0.129. The number of benzene rings is 2. The maximum atomic E-state index is 12.8.